The second-order valence-electron chi connectivity index (χ2n) is 11.4. The number of rotatable bonds is 4. The molecule has 0 aliphatic carbocycles. The minimum absolute atomic E-state index is 0.109. The number of benzene rings is 2. The van der Waals surface area contributed by atoms with Crippen LogP contribution in [0, 0.1) is 11.2 Å². The van der Waals surface area contributed by atoms with E-state index in [-0.39, 0.29) is 27.5 Å². The number of pyridine rings is 1. The summed E-state index contributed by atoms with van der Waals surface area (Å²) in [6, 6.07) is 11.0. The van der Waals surface area contributed by atoms with Gasteiger partial charge >= 0.3 is 0 Å². The van der Waals surface area contributed by atoms with E-state index in [9.17, 15) is 14.4 Å². The summed E-state index contributed by atoms with van der Waals surface area (Å²) in [6.45, 7) is 6.13. The lowest BCUT2D eigenvalue weighted by molar-refractivity contribution is -0.122. The quantitative estimate of drug-likeness (QED) is 0.401. The molecule has 2 aliphatic rings. The van der Waals surface area contributed by atoms with Crippen molar-refractivity contribution in [3.63, 3.8) is 0 Å². The minimum Gasteiger partial charge on any atom is -0.325 e. The molecule has 1 saturated heterocycles. The number of aryl methyl sites for hydroxylation is 1. The van der Waals surface area contributed by atoms with E-state index in [2.05, 4.69) is 16.0 Å². The lowest BCUT2D eigenvalue weighted by Crippen LogP contribution is -2.49. The van der Waals surface area contributed by atoms with Crippen molar-refractivity contribution < 1.29 is 14.0 Å². The van der Waals surface area contributed by atoms with E-state index in [1.807, 2.05) is 20.8 Å². The van der Waals surface area contributed by atoms with Gasteiger partial charge in [0, 0.05) is 47.7 Å². The van der Waals surface area contributed by atoms with Crippen LogP contribution in [0.1, 0.15) is 44.2 Å². The monoisotopic (exact) mass is 570 g/mol. The zero-order valence-corrected chi connectivity index (χ0v) is 23.5. The Morgan fingerprint density at radius 1 is 1.13 bits per heavy atom. The highest BCUT2D eigenvalue weighted by Gasteiger charge is 2.66. The number of halogens is 3. The Hall–Kier alpha value is -3.20. The molecule has 2 aromatic carbocycles. The molecule has 0 radical (unpaired) electrons. The van der Waals surface area contributed by atoms with E-state index >= 15 is 4.39 Å². The second kappa shape index (κ2) is 9.77. The van der Waals surface area contributed by atoms with Crippen molar-refractivity contribution in [3.8, 4) is 0 Å². The van der Waals surface area contributed by atoms with Crippen LogP contribution >= 0.6 is 23.2 Å². The molecule has 204 valence electrons. The van der Waals surface area contributed by atoms with E-state index in [4.69, 9.17) is 23.2 Å². The first-order chi connectivity index (χ1) is 18.3. The highest BCUT2D eigenvalue weighted by atomic mass is 35.5. The lowest BCUT2D eigenvalue weighted by Gasteiger charge is -2.37. The van der Waals surface area contributed by atoms with Gasteiger partial charge in [0.1, 0.15) is 11.2 Å². The smallest absolute Gasteiger partial charge is 0.252 e. The molecule has 4 atom stereocenters. The van der Waals surface area contributed by atoms with Gasteiger partial charge < -0.3 is 20.5 Å². The number of carbonyl (C=O) groups excluding carboxylic acids is 2. The summed E-state index contributed by atoms with van der Waals surface area (Å²) in [5.41, 5.74) is -0.310. The van der Waals surface area contributed by atoms with Gasteiger partial charge in [-0.3, -0.25) is 14.4 Å². The van der Waals surface area contributed by atoms with Gasteiger partial charge in [0.25, 0.3) is 5.56 Å². The molecule has 7 nitrogen and oxygen atoms in total. The summed E-state index contributed by atoms with van der Waals surface area (Å²) in [6.07, 6.45) is 2.04. The van der Waals surface area contributed by atoms with Crippen LogP contribution in [-0.4, -0.2) is 28.5 Å². The molecule has 2 aliphatic heterocycles. The molecule has 10 heteroatoms. The molecule has 4 unspecified atom stereocenters. The summed E-state index contributed by atoms with van der Waals surface area (Å²) in [5, 5.41) is 9.49. The molecular formula is C29H29Cl2FN4O3. The number of aromatic nitrogens is 1. The van der Waals surface area contributed by atoms with E-state index in [1.54, 1.807) is 49.6 Å². The number of nitrogens with zero attached hydrogens (tertiary/aromatic N) is 1. The molecule has 0 saturated carbocycles. The number of fused-ring (bicyclic) bond motifs is 2. The molecule has 1 fully saturated rings. The Morgan fingerprint density at radius 3 is 2.56 bits per heavy atom. The van der Waals surface area contributed by atoms with Gasteiger partial charge in [0.05, 0.1) is 11.1 Å². The molecule has 3 N–H and O–H groups in total. The van der Waals surface area contributed by atoms with Crippen molar-refractivity contribution in [2.24, 2.45) is 12.5 Å². The molecule has 5 rings (SSSR count). The Bertz CT molecular complexity index is 1550. The van der Waals surface area contributed by atoms with Gasteiger partial charge in [-0.2, -0.15) is 0 Å². The van der Waals surface area contributed by atoms with Crippen LogP contribution in [0.3, 0.4) is 0 Å². The van der Waals surface area contributed by atoms with Crippen LogP contribution in [0.4, 0.5) is 15.8 Å². The van der Waals surface area contributed by atoms with Crippen LogP contribution in [0.25, 0.3) is 0 Å². The van der Waals surface area contributed by atoms with Crippen LogP contribution in [0.2, 0.25) is 10.0 Å². The molecule has 1 spiro atoms. The topological polar surface area (TPSA) is 92.2 Å². The fourth-order valence-corrected chi connectivity index (χ4v) is 6.35. The SMILES string of the molecule is Cn1ccc(NC(=O)C2NC(CC(C)(C)C)C3(C(=O)Nc4cc(Cl)ccc43)C2c2cccc(Cl)c2F)cc1=O. The van der Waals surface area contributed by atoms with Crippen molar-refractivity contribution in [2.75, 3.05) is 10.6 Å². The average Bonchev–Trinajstić information content (AvgIpc) is 3.32. The molecule has 3 heterocycles. The van der Waals surface area contributed by atoms with Crippen molar-refractivity contribution in [2.45, 2.75) is 50.6 Å². The summed E-state index contributed by atoms with van der Waals surface area (Å²) in [5.74, 6) is -2.52. The first-order valence-corrected chi connectivity index (χ1v) is 13.4. The lowest BCUT2D eigenvalue weighted by atomic mass is 9.62. The fourth-order valence-electron chi connectivity index (χ4n) is 6.00. The number of carbonyl (C=O) groups is 2. The summed E-state index contributed by atoms with van der Waals surface area (Å²) in [7, 11) is 1.60. The zero-order chi connectivity index (χ0) is 28.3. The maximum atomic E-state index is 15.8. The predicted octanol–water partition coefficient (Wildman–Crippen LogP) is 5.22. The van der Waals surface area contributed by atoms with Crippen LogP contribution in [-0.2, 0) is 22.1 Å². The molecule has 2 amide bonds. The van der Waals surface area contributed by atoms with Gasteiger partial charge in [-0.15, -0.1) is 0 Å². The van der Waals surface area contributed by atoms with Crippen molar-refractivity contribution in [1.29, 1.82) is 0 Å². The third-order valence-electron chi connectivity index (χ3n) is 7.59. The molecule has 3 aromatic rings. The Labute approximate surface area is 235 Å². The van der Waals surface area contributed by atoms with Crippen molar-refractivity contribution in [1.82, 2.24) is 9.88 Å². The van der Waals surface area contributed by atoms with Crippen LogP contribution in [0.15, 0.2) is 59.5 Å². The Kier molecular flexibility index (Phi) is 6.85. The van der Waals surface area contributed by atoms with E-state index in [0.29, 0.717) is 28.4 Å². The summed E-state index contributed by atoms with van der Waals surface area (Å²) >= 11 is 12.5. The number of nitrogens with one attached hydrogen (secondary N) is 3. The standard InChI is InChI=1S/C29H29Cl2FN4O3/c1-28(2,3)14-21-29(18-9-8-15(30)12-20(18)34-27(29)39)23(17-6-5-7-19(31)24(17)32)25(35-21)26(38)33-16-10-11-36(4)22(37)13-16/h5-13,21,23,25,35H,14H2,1-4H3,(H,33,38)(H,34,39). The third-order valence-corrected chi connectivity index (χ3v) is 8.12. The maximum Gasteiger partial charge on any atom is 0.252 e. The second-order valence-corrected chi connectivity index (χ2v) is 12.3. The predicted molar refractivity (Wildman–Crippen MR) is 151 cm³/mol. The van der Waals surface area contributed by atoms with Crippen molar-refractivity contribution >= 4 is 46.4 Å². The number of hydrogen-bond donors (Lipinski definition) is 3. The molecule has 39 heavy (non-hydrogen) atoms. The fraction of sp³-hybridized carbons (Fsp3) is 0.345. The number of hydrogen-bond acceptors (Lipinski definition) is 4. The first kappa shape index (κ1) is 27.4. The largest absolute Gasteiger partial charge is 0.325 e. The van der Waals surface area contributed by atoms with Gasteiger partial charge in [-0.05, 0) is 47.2 Å². The molecule has 0 bridgehead atoms. The third kappa shape index (κ3) is 4.64. The summed E-state index contributed by atoms with van der Waals surface area (Å²) < 4.78 is 17.2. The highest BCUT2D eigenvalue weighted by Crippen LogP contribution is 2.57. The van der Waals surface area contributed by atoms with Gasteiger partial charge in [0.15, 0.2) is 0 Å². The number of amides is 2. The van der Waals surface area contributed by atoms with Crippen LogP contribution in [0.5, 0.6) is 0 Å². The maximum absolute atomic E-state index is 15.8. The zero-order valence-electron chi connectivity index (χ0n) is 21.9. The summed E-state index contributed by atoms with van der Waals surface area (Å²) in [4.78, 5) is 40.2. The molecular weight excluding hydrogens is 542 g/mol. The van der Waals surface area contributed by atoms with Crippen LogP contribution < -0.4 is 21.5 Å². The highest BCUT2D eigenvalue weighted by molar-refractivity contribution is 6.31. The van der Waals surface area contributed by atoms with Crippen molar-refractivity contribution in [3.05, 3.63) is 92.1 Å². The van der Waals surface area contributed by atoms with Gasteiger partial charge in [-0.25, -0.2) is 4.39 Å². The minimum atomic E-state index is -1.35. The van der Waals surface area contributed by atoms with E-state index in [0.717, 1.165) is 0 Å². The molecule has 1 aromatic heterocycles. The Balaban J connectivity index is 1.73. The van der Waals surface area contributed by atoms with E-state index in [1.165, 1.54) is 16.7 Å². The van der Waals surface area contributed by atoms with Gasteiger partial charge in [-0.1, -0.05) is 62.2 Å². The van der Waals surface area contributed by atoms with Gasteiger partial charge in [0.2, 0.25) is 11.8 Å². The average molecular weight is 571 g/mol. The number of anilines is 2. The normalized spacial score (nSPS) is 24.1. The van der Waals surface area contributed by atoms with E-state index < -0.39 is 35.1 Å². The first-order valence-electron chi connectivity index (χ1n) is 12.6. The Morgan fingerprint density at radius 2 is 1.87 bits per heavy atom.